The molecule has 7 heteroatoms. The summed E-state index contributed by atoms with van der Waals surface area (Å²) in [6.45, 7) is 4.69. The van der Waals surface area contributed by atoms with Gasteiger partial charge in [0.05, 0.1) is 11.6 Å². The third kappa shape index (κ3) is 5.67. The van der Waals surface area contributed by atoms with Crippen molar-refractivity contribution in [3.05, 3.63) is 35.4 Å². The SMILES string of the molecule is CC(C)C(NC(=O)CC1CCCN1)c1cccc(C(F)(F)F)c1.Cl. The Morgan fingerprint density at radius 2 is 2.08 bits per heavy atom. The van der Waals surface area contributed by atoms with Crippen molar-refractivity contribution in [3.8, 4) is 0 Å². The summed E-state index contributed by atoms with van der Waals surface area (Å²) in [7, 11) is 0. The second-order valence-corrected chi connectivity index (χ2v) is 6.41. The molecular formula is C17H24ClF3N2O. The molecule has 1 saturated heterocycles. The lowest BCUT2D eigenvalue weighted by Crippen LogP contribution is -2.36. The number of benzene rings is 1. The van der Waals surface area contributed by atoms with Crippen LogP contribution in [0.4, 0.5) is 13.2 Å². The number of carbonyl (C=O) groups excluding carboxylic acids is 1. The summed E-state index contributed by atoms with van der Waals surface area (Å²) in [5.41, 5.74) is -0.199. The third-order valence-corrected chi connectivity index (χ3v) is 4.15. The summed E-state index contributed by atoms with van der Waals surface area (Å²) < 4.78 is 38.6. The zero-order valence-electron chi connectivity index (χ0n) is 13.8. The molecule has 0 aliphatic carbocycles. The molecular weight excluding hydrogens is 341 g/mol. The van der Waals surface area contributed by atoms with Gasteiger partial charge in [0, 0.05) is 12.5 Å². The molecule has 1 aliphatic heterocycles. The zero-order chi connectivity index (χ0) is 17.0. The molecule has 0 aromatic heterocycles. The number of nitrogens with one attached hydrogen (secondary N) is 2. The lowest BCUT2D eigenvalue weighted by molar-refractivity contribution is -0.137. The second-order valence-electron chi connectivity index (χ2n) is 6.41. The fourth-order valence-electron chi connectivity index (χ4n) is 2.93. The van der Waals surface area contributed by atoms with Gasteiger partial charge in [-0.2, -0.15) is 13.2 Å². The minimum absolute atomic E-state index is 0. The summed E-state index contributed by atoms with van der Waals surface area (Å²) in [5, 5.41) is 6.14. The van der Waals surface area contributed by atoms with Gasteiger partial charge in [0.15, 0.2) is 0 Å². The van der Waals surface area contributed by atoms with Crippen LogP contribution in [0.3, 0.4) is 0 Å². The molecule has 2 rings (SSSR count). The van der Waals surface area contributed by atoms with E-state index in [0.717, 1.165) is 31.5 Å². The van der Waals surface area contributed by atoms with Crippen molar-refractivity contribution in [1.29, 1.82) is 0 Å². The van der Waals surface area contributed by atoms with Crippen molar-refractivity contribution < 1.29 is 18.0 Å². The maximum absolute atomic E-state index is 12.9. The molecule has 1 aromatic carbocycles. The van der Waals surface area contributed by atoms with Gasteiger partial charge in [0.25, 0.3) is 0 Å². The first kappa shape index (κ1) is 20.8. The van der Waals surface area contributed by atoms with E-state index in [0.29, 0.717) is 12.0 Å². The highest BCUT2D eigenvalue weighted by atomic mass is 35.5. The largest absolute Gasteiger partial charge is 0.416 e. The maximum atomic E-state index is 12.9. The van der Waals surface area contributed by atoms with Crippen LogP contribution < -0.4 is 10.6 Å². The van der Waals surface area contributed by atoms with Gasteiger partial charge in [0.1, 0.15) is 0 Å². The molecule has 1 aromatic rings. The molecule has 0 saturated carbocycles. The van der Waals surface area contributed by atoms with Gasteiger partial charge in [0.2, 0.25) is 5.91 Å². The highest BCUT2D eigenvalue weighted by molar-refractivity contribution is 5.85. The molecule has 136 valence electrons. The summed E-state index contributed by atoms with van der Waals surface area (Å²) in [6.07, 6.45) is -2.00. The summed E-state index contributed by atoms with van der Waals surface area (Å²) in [4.78, 5) is 12.2. The monoisotopic (exact) mass is 364 g/mol. The van der Waals surface area contributed by atoms with Crippen molar-refractivity contribution in [2.75, 3.05) is 6.54 Å². The standard InChI is InChI=1S/C17H23F3N2O.ClH/c1-11(2)16(22-15(23)10-14-7-4-8-21-14)12-5-3-6-13(9-12)17(18,19)20;/h3,5-6,9,11,14,16,21H,4,7-8,10H2,1-2H3,(H,22,23);1H. The minimum Gasteiger partial charge on any atom is -0.349 e. The first-order valence-corrected chi connectivity index (χ1v) is 7.97. The number of rotatable bonds is 5. The van der Waals surface area contributed by atoms with Crippen LogP contribution >= 0.6 is 12.4 Å². The Labute approximate surface area is 146 Å². The molecule has 0 spiro atoms. The van der Waals surface area contributed by atoms with Crippen LogP contribution in [0.25, 0.3) is 0 Å². The van der Waals surface area contributed by atoms with Crippen molar-refractivity contribution in [2.45, 2.75) is 51.4 Å². The van der Waals surface area contributed by atoms with Gasteiger partial charge in [-0.25, -0.2) is 0 Å². The number of amides is 1. The van der Waals surface area contributed by atoms with Gasteiger partial charge in [-0.15, -0.1) is 12.4 Å². The molecule has 24 heavy (non-hydrogen) atoms. The zero-order valence-corrected chi connectivity index (χ0v) is 14.6. The van der Waals surface area contributed by atoms with Crippen molar-refractivity contribution in [1.82, 2.24) is 10.6 Å². The Morgan fingerprint density at radius 3 is 2.62 bits per heavy atom. The van der Waals surface area contributed by atoms with E-state index in [1.54, 1.807) is 6.07 Å². The molecule has 1 fully saturated rings. The van der Waals surface area contributed by atoms with Crippen LogP contribution in [0, 0.1) is 5.92 Å². The van der Waals surface area contributed by atoms with Gasteiger partial charge >= 0.3 is 6.18 Å². The van der Waals surface area contributed by atoms with E-state index in [4.69, 9.17) is 0 Å². The predicted octanol–water partition coefficient (Wildman–Crippen LogP) is 4.08. The van der Waals surface area contributed by atoms with E-state index in [9.17, 15) is 18.0 Å². The Bertz CT molecular complexity index is 543. The smallest absolute Gasteiger partial charge is 0.349 e. The van der Waals surface area contributed by atoms with E-state index >= 15 is 0 Å². The molecule has 2 N–H and O–H groups in total. The Kier molecular flexibility index (Phi) is 7.55. The number of carbonyl (C=O) groups is 1. The number of alkyl halides is 3. The van der Waals surface area contributed by atoms with Crippen LogP contribution in [0.15, 0.2) is 24.3 Å². The fraction of sp³-hybridized carbons (Fsp3) is 0.588. The van der Waals surface area contributed by atoms with Gasteiger partial charge in [-0.3, -0.25) is 4.79 Å². The number of hydrogen-bond acceptors (Lipinski definition) is 2. The number of hydrogen-bond donors (Lipinski definition) is 2. The van der Waals surface area contributed by atoms with E-state index in [1.807, 2.05) is 13.8 Å². The first-order valence-electron chi connectivity index (χ1n) is 7.97. The van der Waals surface area contributed by atoms with Crippen LogP contribution in [0.1, 0.15) is 50.3 Å². The quantitative estimate of drug-likeness (QED) is 0.826. The van der Waals surface area contributed by atoms with Crippen LogP contribution in [0.2, 0.25) is 0 Å². The average molecular weight is 365 g/mol. The fourth-order valence-corrected chi connectivity index (χ4v) is 2.93. The van der Waals surface area contributed by atoms with Gasteiger partial charge in [-0.1, -0.05) is 26.0 Å². The highest BCUT2D eigenvalue weighted by Gasteiger charge is 2.31. The molecule has 2 unspecified atom stereocenters. The van der Waals surface area contributed by atoms with Crippen LogP contribution in [-0.2, 0) is 11.0 Å². The molecule has 0 radical (unpaired) electrons. The lowest BCUT2D eigenvalue weighted by atomic mass is 9.94. The topological polar surface area (TPSA) is 41.1 Å². The molecule has 1 heterocycles. The molecule has 3 nitrogen and oxygen atoms in total. The number of halogens is 4. The molecule has 0 bridgehead atoms. The predicted molar refractivity (Wildman–Crippen MR) is 90.1 cm³/mol. The summed E-state index contributed by atoms with van der Waals surface area (Å²) >= 11 is 0. The van der Waals surface area contributed by atoms with Crippen LogP contribution in [0.5, 0.6) is 0 Å². The highest BCUT2D eigenvalue weighted by Crippen LogP contribution is 2.32. The van der Waals surface area contributed by atoms with E-state index in [2.05, 4.69) is 10.6 Å². The molecule has 1 aliphatic rings. The van der Waals surface area contributed by atoms with E-state index < -0.39 is 17.8 Å². The first-order chi connectivity index (χ1) is 10.8. The summed E-state index contributed by atoms with van der Waals surface area (Å²) in [6, 6.07) is 4.94. The van der Waals surface area contributed by atoms with Crippen molar-refractivity contribution >= 4 is 18.3 Å². The average Bonchev–Trinajstić information content (AvgIpc) is 2.96. The van der Waals surface area contributed by atoms with Crippen LogP contribution in [-0.4, -0.2) is 18.5 Å². The third-order valence-electron chi connectivity index (χ3n) is 4.15. The Balaban J connectivity index is 0.00000288. The van der Waals surface area contributed by atoms with Gasteiger partial charge in [-0.05, 0) is 43.0 Å². The normalized spacial score (nSPS) is 19.0. The summed E-state index contributed by atoms with van der Waals surface area (Å²) in [5.74, 6) is -0.125. The lowest BCUT2D eigenvalue weighted by Gasteiger charge is -2.24. The maximum Gasteiger partial charge on any atom is 0.416 e. The Morgan fingerprint density at radius 1 is 1.38 bits per heavy atom. The van der Waals surface area contributed by atoms with E-state index in [-0.39, 0.29) is 30.3 Å². The molecule has 1 amide bonds. The molecule has 2 atom stereocenters. The van der Waals surface area contributed by atoms with E-state index in [1.165, 1.54) is 6.07 Å². The van der Waals surface area contributed by atoms with Gasteiger partial charge < -0.3 is 10.6 Å². The minimum atomic E-state index is -4.38. The van der Waals surface area contributed by atoms with Crippen molar-refractivity contribution in [3.63, 3.8) is 0 Å². The second kappa shape index (κ2) is 8.72. The van der Waals surface area contributed by atoms with Crippen molar-refractivity contribution in [2.24, 2.45) is 5.92 Å². The Hall–Kier alpha value is -1.27.